The lowest BCUT2D eigenvalue weighted by Gasteiger charge is -2.26. The molecule has 3 atom stereocenters. The summed E-state index contributed by atoms with van der Waals surface area (Å²) in [5.41, 5.74) is 0.710. The second kappa shape index (κ2) is 6.64. The van der Waals surface area contributed by atoms with E-state index in [1.807, 2.05) is 13.8 Å². The van der Waals surface area contributed by atoms with Crippen molar-refractivity contribution >= 4 is 0 Å². The van der Waals surface area contributed by atoms with E-state index in [0.29, 0.717) is 11.1 Å². The van der Waals surface area contributed by atoms with Crippen LogP contribution in [0.15, 0.2) is 12.1 Å². The van der Waals surface area contributed by atoms with Crippen molar-refractivity contribution in [2.45, 2.75) is 58.3 Å². The highest BCUT2D eigenvalue weighted by Gasteiger charge is 2.32. The highest BCUT2D eigenvalue weighted by molar-refractivity contribution is 5.28. The predicted molar refractivity (Wildman–Crippen MR) is 75.7 cm³/mol. The summed E-state index contributed by atoms with van der Waals surface area (Å²) in [6.45, 7) is 6.40. The smallest absolute Gasteiger partial charge is 0.128 e. The standard InChI is InChI=1S/C16H23F2NO/c1-4-7-19-16(15-6-5-11(3)20-15)12-9-13(17)10(2)8-14(12)18/h8-9,11,15-16,19H,4-7H2,1-3H3. The fourth-order valence-corrected chi connectivity index (χ4v) is 2.72. The first kappa shape index (κ1) is 15.4. The SMILES string of the molecule is CCCNC(c1cc(F)c(C)cc1F)C1CCC(C)O1. The quantitative estimate of drug-likeness (QED) is 0.885. The van der Waals surface area contributed by atoms with Gasteiger partial charge >= 0.3 is 0 Å². The van der Waals surface area contributed by atoms with E-state index in [2.05, 4.69) is 5.32 Å². The Morgan fingerprint density at radius 3 is 2.65 bits per heavy atom. The van der Waals surface area contributed by atoms with Gasteiger partial charge in [-0.25, -0.2) is 8.78 Å². The molecule has 0 aromatic heterocycles. The molecule has 112 valence electrons. The van der Waals surface area contributed by atoms with Crippen LogP contribution in [0.1, 0.15) is 50.3 Å². The third-order valence-corrected chi connectivity index (χ3v) is 3.86. The number of benzene rings is 1. The van der Waals surface area contributed by atoms with Gasteiger partial charge in [-0.15, -0.1) is 0 Å². The number of hydrogen-bond donors (Lipinski definition) is 1. The Kier molecular flexibility index (Phi) is 5.11. The molecule has 2 nitrogen and oxygen atoms in total. The zero-order valence-corrected chi connectivity index (χ0v) is 12.4. The molecule has 1 saturated heterocycles. The summed E-state index contributed by atoms with van der Waals surface area (Å²) >= 11 is 0. The molecule has 20 heavy (non-hydrogen) atoms. The monoisotopic (exact) mass is 283 g/mol. The second-order valence-electron chi connectivity index (χ2n) is 5.62. The summed E-state index contributed by atoms with van der Waals surface area (Å²) in [7, 11) is 0. The number of ether oxygens (including phenoxy) is 1. The summed E-state index contributed by atoms with van der Waals surface area (Å²) in [6, 6.07) is 2.29. The Morgan fingerprint density at radius 1 is 1.30 bits per heavy atom. The van der Waals surface area contributed by atoms with E-state index in [-0.39, 0.29) is 29.9 Å². The van der Waals surface area contributed by atoms with Gasteiger partial charge in [0.1, 0.15) is 11.6 Å². The third-order valence-electron chi connectivity index (χ3n) is 3.86. The van der Waals surface area contributed by atoms with E-state index >= 15 is 0 Å². The van der Waals surface area contributed by atoms with Gasteiger partial charge in [-0.05, 0) is 57.4 Å². The van der Waals surface area contributed by atoms with Crippen molar-refractivity contribution < 1.29 is 13.5 Å². The Bertz CT molecular complexity index is 464. The van der Waals surface area contributed by atoms with Crippen LogP contribution in [0.2, 0.25) is 0 Å². The molecule has 0 radical (unpaired) electrons. The van der Waals surface area contributed by atoms with Crippen LogP contribution >= 0.6 is 0 Å². The molecule has 0 spiro atoms. The first-order valence-corrected chi connectivity index (χ1v) is 7.37. The lowest BCUT2D eigenvalue weighted by atomic mass is 9.97. The zero-order valence-electron chi connectivity index (χ0n) is 12.4. The van der Waals surface area contributed by atoms with E-state index in [1.54, 1.807) is 6.92 Å². The van der Waals surface area contributed by atoms with Gasteiger partial charge in [0.15, 0.2) is 0 Å². The van der Waals surface area contributed by atoms with Gasteiger partial charge in [-0.3, -0.25) is 0 Å². The van der Waals surface area contributed by atoms with Crippen LogP contribution in [-0.4, -0.2) is 18.8 Å². The summed E-state index contributed by atoms with van der Waals surface area (Å²) in [6.07, 6.45) is 2.87. The van der Waals surface area contributed by atoms with E-state index in [1.165, 1.54) is 12.1 Å². The van der Waals surface area contributed by atoms with Crippen molar-refractivity contribution in [3.63, 3.8) is 0 Å². The summed E-state index contributed by atoms with van der Waals surface area (Å²) in [5.74, 6) is -0.726. The maximum atomic E-state index is 14.2. The molecule has 0 saturated carbocycles. The summed E-state index contributed by atoms with van der Waals surface area (Å²) in [5, 5.41) is 3.30. The second-order valence-corrected chi connectivity index (χ2v) is 5.62. The fraction of sp³-hybridized carbons (Fsp3) is 0.625. The van der Waals surface area contributed by atoms with Crippen LogP contribution in [0.3, 0.4) is 0 Å². The van der Waals surface area contributed by atoms with Crippen molar-refractivity contribution in [1.29, 1.82) is 0 Å². The minimum absolute atomic E-state index is 0.0897. The van der Waals surface area contributed by atoms with Gasteiger partial charge in [-0.1, -0.05) is 6.92 Å². The molecular formula is C16H23F2NO. The van der Waals surface area contributed by atoms with Crippen LogP contribution < -0.4 is 5.32 Å². The highest BCUT2D eigenvalue weighted by Crippen LogP contribution is 2.32. The van der Waals surface area contributed by atoms with Crippen LogP contribution in [0.25, 0.3) is 0 Å². The predicted octanol–water partition coefficient (Wildman–Crippen LogP) is 3.88. The van der Waals surface area contributed by atoms with Crippen molar-refractivity contribution in [1.82, 2.24) is 5.32 Å². The van der Waals surface area contributed by atoms with E-state index in [0.717, 1.165) is 25.8 Å². The Morgan fingerprint density at radius 2 is 2.05 bits per heavy atom. The first-order valence-electron chi connectivity index (χ1n) is 7.37. The molecule has 1 fully saturated rings. The fourth-order valence-electron chi connectivity index (χ4n) is 2.72. The van der Waals surface area contributed by atoms with Crippen LogP contribution in [0.4, 0.5) is 8.78 Å². The maximum absolute atomic E-state index is 14.2. The van der Waals surface area contributed by atoms with E-state index < -0.39 is 0 Å². The Balaban J connectivity index is 2.28. The summed E-state index contributed by atoms with van der Waals surface area (Å²) in [4.78, 5) is 0. The van der Waals surface area contributed by atoms with E-state index in [9.17, 15) is 8.78 Å². The molecule has 0 bridgehead atoms. The van der Waals surface area contributed by atoms with Crippen molar-refractivity contribution in [3.8, 4) is 0 Å². The third kappa shape index (κ3) is 3.36. The lowest BCUT2D eigenvalue weighted by molar-refractivity contribution is 0.0307. The lowest BCUT2D eigenvalue weighted by Crippen LogP contribution is -2.33. The van der Waals surface area contributed by atoms with Gasteiger partial charge in [0.25, 0.3) is 0 Å². The zero-order chi connectivity index (χ0) is 14.7. The molecule has 1 aliphatic rings. The molecule has 3 unspecified atom stereocenters. The Hall–Kier alpha value is -1.00. The largest absolute Gasteiger partial charge is 0.373 e. The van der Waals surface area contributed by atoms with E-state index in [4.69, 9.17) is 4.74 Å². The Labute approximate surface area is 119 Å². The number of hydrogen-bond acceptors (Lipinski definition) is 2. The molecule has 1 aromatic rings. The molecule has 1 aliphatic heterocycles. The molecule has 1 heterocycles. The number of aryl methyl sites for hydroxylation is 1. The molecule has 2 rings (SSSR count). The van der Waals surface area contributed by atoms with Crippen LogP contribution in [0.5, 0.6) is 0 Å². The first-order chi connectivity index (χ1) is 9.52. The van der Waals surface area contributed by atoms with Gasteiger partial charge in [-0.2, -0.15) is 0 Å². The highest BCUT2D eigenvalue weighted by atomic mass is 19.1. The number of rotatable bonds is 5. The van der Waals surface area contributed by atoms with Gasteiger partial charge in [0.2, 0.25) is 0 Å². The minimum Gasteiger partial charge on any atom is -0.373 e. The molecule has 1 aromatic carbocycles. The van der Waals surface area contributed by atoms with Crippen molar-refractivity contribution in [2.24, 2.45) is 0 Å². The van der Waals surface area contributed by atoms with Crippen LogP contribution in [0, 0.1) is 18.6 Å². The molecule has 1 N–H and O–H groups in total. The van der Waals surface area contributed by atoms with Gasteiger partial charge < -0.3 is 10.1 Å². The summed E-state index contributed by atoms with van der Waals surface area (Å²) < 4.78 is 33.8. The topological polar surface area (TPSA) is 21.3 Å². The molecule has 4 heteroatoms. The maximum Gasteiger partial charge on any atom is 0.128 e. The van der Waals surface area contributed by atoms with Gasteiger partial charge in [0, 0.05) is 5.56 Å². The average Bonchev–Trinajstić information content (AvgIpc) is 2.82. The molecule has 0 amide bonds. The van der Waals surface area contributed by atoms with Crippen molar-refractivity contribution in [3.05, 3.63) is 34.9 Å². The van der Waals surface area contributed by atoms with Crippen molar-refractivity contribution in [2.75, 3.05) is 6.54 Å². The normalized spacial score (nSPS) is 24.1. The van der Waals surface area contributed by atoms with Gasteiger partial charge in [0.05, 0.1) is 18.2 Å². The number of nitrogens with one attached hydrogen (secondary N) is 1. The minimum atomic E-state index is -0.365. The molecule has 0 aliphatic carbocycles. The average molecular weight is 283 g/mol. The number of halogens is 2. The molecular weight excluding hydrogens is 260 g/mol. The van der Waals surface area contributed by atoms with Crippen LogP contribution in [-0.2, 0) is 4.74 Å².